The van der Waals surface area contributed by atoms with Gasteiger partial charge in [-0.2, -0.15) is 0 Å². The minimum atomic E-state index is -3.87. The lowest BCUT2D eigenvalue weighted by Gasteiger charge is -2.23. The SMILES string of the molecule is CC(C)(C)OC(=O)[C@@H](CS(=O)(=O)c1ccccc1)C(=O)OCN. The summed E-state index contributed by atoms with van der Waals surface area (Å²) in [7, 11) is -3.87. The van der Waals surface area contributed by atoms with Gasteiger partial charge in [0.05, 0.1) is 10.6 Å². The van der Waals surface area contributed by atoms with Crippen LogP contribution in [0.1, 0.15) is 20.8 Å². The molecular formula is C15H21NO6S. The van der Waals surface area contributed by atoms with Gasteiger partial charge >= 0.3 is 11.9 Å². The van der Waals surface area contributed by atoms with Crippen molar-refractivity contribution in [3.63, 3.8) is 0 Å². The second kappa shape index (κ2) is 7.56. The van der Waals surface area contributed by atoms with E-state index in [2.05, 4.69) is 4.74 Å². The van der Waals surface area contributed by atoms with Crippen LogP contribution >= 0.6 is 0 Å². The van der Waals surface area contributed by atoms with E-state index in [1.54, 1.807) is 39.0 Å². The summed E-state index contributed by atoms with van der Waals surface area (Å²) in [5.74, 6) is -4.33. The molecule has 1 aromatic rings. The molecule has 1 rings (SSSR count). The van der Waals surface area contributed by atoms with Gasteiger partial charge in [-0.15, -0.1) is 0 Å². The first-order valence-corrected chi connectivity index (χ1v) is 8.59. The number of carbonyl (C=O) groups excluding carboxylic acids is 2. The van der Waals surface area contributed by atoms with Crippen LogP contribution in [0.4, 0.5) is 0 Å². The Morgan fingerprint density at radius 1 is 1.13 bits per heavy atom. The lowest BCUT2D eigenvalue weighted by molar-refractivity contribution is -0.167. The standard InChI is InChI=1S/C15H21NO6S/c1-15(2,3)22-14(18)12(13(17)21-10-16)9-23(19,20)11-7-5-4-6-8-11/h4-8,12H,9-10,16H2,1-3H3/t12-/m0/s1. The summed E-state index contributed by atoms with van der Waals surface area (Å²) in [6.07, 6.45) is 0. The predicted molar refractivity (Wildman–Crippen MR) is 83.0 cm³/mol. The summed E-state index contributed by atoms with van der Waals surface area (Å²) in [5, 5.41) is 0. The van der Waals surface area contributed by atoms with Crippen molar-refractivity contribution in [1.29, 1.82) is 0 Å². The smallest absolute Gasteiger partial charge is 0.322 e. The van der Waals surface area contributed by atoms with Crippen molar-refractivity contribution in [3.8, 4) is 0 Å². The first-order valence-electron chi connectivity index (χ1n) is 6.94. The molecule has 0 bridgehead atoms. The van der Waals surface area contributed by atoms with Crippen LogP contribution in [0.25, 0.3) is 0 Å². The number of ether oxygens (including phenoxy) is 2. The van der Waals surface area contributed by atoms with Gasteiger partial charge in [-0.05, 0) is 32.9 Å². The van der Waals surface area contributed by atoms with Gasteiger partial charge in [-0.3, -0.25) is 15.3 Å². The highest BCUT2D eigenvalue weighted by atomic mass is 32.2. The van der Waals surface area contributed by atoms with Gasteiger partial charge in [-0.25, -0.2) is 8.42 Å². The summed E-state index contributed by atoms with van der Waals surface area (Å²) in [4.78, 5) is 24.1. The number of benzene rings is 1. The molecule has 0 unspecified atom stereocenters. The maximum atomic E-state index is 12.4. The lowest BCUT2D eigenvalue weighted by Crippen LogP contribution is -2.38. The van der Waals surface area contributed by atoms with Gasteiger partial charge < -0.3 is 9.47 Å². The molecular weight excluding hydrogens is 322 g/mol. The van der Waals surface area contributed by atoms with Gasteiger partial charge in [0.15, 0.2) is 15.8 Å². The fraction of sp³-hybridized carbons (Fsp3) is 0.467. The van der Waals surface area contributed by atoms with E-state index in [1.807, 2.05) is 0 Å². The van der Waals surface area contributed by atoms with Crippen LogP contribution in [-0.2, 0) is 28.9 Å². The summed E-state index contributed by atoms with van der Waals surface area (Å²) in [6, 6.07) is 7.53. The van der Waals surface area contributed by atoms with Crippen LogP contribution in [0, 0.1) is 5.92 Å². The normalized spacial score (nSPS) is 13.2. The topological polar surface area (TPSA) is 113 Å². The average molecular weight is 343 g/mol. The van der Waals surface area contributed by atoms with Gasteiger partial charge in [0, 0.05) is 0 Å². The van der Waals surface area contributed by atoms with Crippen LogP contribution in [0.2, 0.25) is 0 Å². The van der Waals surface area contributed by atoms with Gasteiger partial charge in [0.25, 0.3) is 0 Å². The minimum Gasteiger partial charge on any atom is -0.459 e. The molecule has 1 aromatic carbocycles. The molecule has 8 heteroatoms. The molecule has 0 spiro atoms. The number of nitrogens with two attached hydrogens (primary N) is 1. The van der Waals surface area contributed by atoms with E-state index < -0.39 is 45.8 Å². The van der Waals surface area contributed by atoms with E-state index >= 15 is 0 Å². The predicted octanol–water partition coefficient (Wildman–Crippen LogP) is 0.878. The van der Waals surface area contributed by atoms with E-state index in [0.29, 0.717) is 0 Å². The van der Waals surface area contributed by atoms with Gasteiger partial charge in [0.1, 0.15) is 12.3 Å². The average Bonchev–Trinajstić information content (AvgIpc) is 2.44. The van der Waals surface area contributed by atoms with Crippen molar-refractivity contribution in [2.45, 2.75) is 31.3 Å². The highest BCUT2D eigenvalue weighted by Gasteiger charge is 2.37. The summed E-state index contributed by atoms with van der Waals surface area (Å²) >= 11 is 0. The molecule has 0 aromatic heterocycles. The van der Waals surface area contributed by atoms with Crippen LogP contribution in [-0.4, -0.2) is 38.4 Å². The zero-order valence-electron chi connectivity index (χ0n) is 13.3. The van der Waals surface area contributed by atoms with Crippen LogP contribution < -0.4 is 5.73 Å². The third kappa shape index (κ3) is 5.99. The van der Waals surface area contributed by atoms with E-state index in [9.17, 15) is 18.0 Å². The van der Waals surface area contributed by atoms with E-state index in [1.165, 1.54) is 12.1 Å². The molecule has 0 radical (unpaired) electrons. The second-order valence-electron chi connectivity index (χ2n) is 5.81. The Morgan fingerprint density at radius 3 is 2.17 bits per heavy atom. The molecule has 0 saturated heterocycles. The Bertz CT molecular complexity index is 648. The maximum Gasteiger partial charge on any atom is 0.322 e. The molecule has 128 valence electrons. The van der Waals surface area contributed by atoms with Gasteiger partial charge in [-0.1, -0.05) is 18.2 Å². The van der Waals surface area contributed by atoms with Crippen molar-refractivity contribution in [3.05, 3.63) is 30.3 Å². The fourth-order valence-corrected chi connectivity index (χ4v) is 3.21. The van der Waals surface area contributed by atoms with E-state index in [-0.39, 0.29) is 4.90 Å². The van der Waals surface area contributed by atoms with E-state index in [0.717, 1.165) is 0 Å². The number of carbonyl (C=O) groups is 2. The van der Waals surface area contributed by atoms with E-state index in [4.69, 9.17) is 10.5 Å². The highest BCUT2D eigenvalue weighted by Crippen LogP contribution is 2.18. The Balaban J connectivity index is 3.06. The molecule has 0 heterocycles. The number of hydrogen-bond donors (Lipinski definition) is 1. The Hall–Kier alpha value is -1.93. The fourth-order valence-electron chi connectivity index (χ4n) is 1.73. The first kappa shape index (κ1) is 19.1. The number of hydrogen-bond acceptors (Lipinski definition) is 7. The van der Waals surface area contributed by atoms with Crippen LogP contribution in [0.3, 0.4) is 0 Å². The Kier molecular flexibility index (Phi) is 6.28. The third-order valence-corrected chi connectivity index (χ3v) is 4.45. The van der Waals surface area contributed by atoms with Crippen LogP contribution in [0.5, 0.6) is 0 Å². The zero-order valence-corrected chi connectivity index (χ0v) is 14.1. The molecule has 7 nitrogen and oxygen atoms in total. The summed E-state index contributed by atoms with van der Waals surface area (Å²) < 4.78 is 34.4. The molecule has 1 atom stereocenters. The van der Waals surface area contributed by atoms with Crippen molar-refractivity contribution < 1.29 is 27.5 Å². The quantitative estimate of drug-likeness (QED) is 0.463. The van der Waals surface area contributed by atoms with Crippen molar-refractivity contribution in [2.24, 2.45) is 11.7 Å². The minimum absolute atomic E-state index is 0.00843. The van der Waals surface area contributed by atoms with Crippen molar-refractivity contribution >= 4 is 21.8 Å². The van der Waals surface area contributed by atoms with Gasteiger partial charge in [0.2, 0.25) is 0 Å². The molecule has 23 heavy (non-hydrogen) atoms. The molecule has 0 aliphatic rings. The molecule has 0 aliphatic heterocycles. The Labute approximate surface area is 135 Å². The largest absolute Gasteiger partial charge is 0.459 e. The molecule has 0 saturated carbocycles. The Morgan fingerprint density at radius 2 is 1.70 bits per heavy atom. The molecule has 0 fully saturated rings. The monoisotopic (exact) mass is 343 g/mol. The van der Waals surface area contributed by atoms with Crippen molar-refractivity contribution in [1.82, 2.24) is 0 Å². The van der Waals surface area contributed by atoms with Crippen LogP contribution in [0.15, 0.2) is 35.2 Å². The number of esters is 2. The second-order valence-corrected chi connectivity index (χ2v) is 7.84. The zero-order chi connectivity index (χ0) is 17.7. The summed E-state index contributed by atoms with van der Waals surface area (Å²) in [5.41, 5.74) is 4.26. The molecule has 0 aliphatic carbocycles. The number of sulfone groups is 1. The highest BCUT2D eigenvalue weighted by molar-refractivity contribution is 7.91. The first-order chi connectivity index (χ1) is 10.6. The summed E-state index contributed by atoms with van der Waals surface area (Å²) in [6.45, 7) is 4.38. The lowest BCUT2D eigenvalue weighted by atomic mass is 10.1. The third-order valence-electron chi connectivity index (χ3n) is 2.69. The molecule has 2 N–H and O–H groups in total. The number of rotatable bonds is 6. The maximum absolute atomic E-state index is 12.4. The van der Waals surface area contributed by atoms with Crippen molar-refractivity contribution in [2.75, 3.05) is 12.5 Å². The molecule has 0 amide bonds.